The van der Waals surface area contributed by atoms with E-state index in [1.165, 1.54) is 0 Å². The van der Waals surface area contributed by atoms with Crippen LogP contribution in [0.3, 0.4) is 0 Å². The third-order valence-electron chi connectivity index (χ3n) is 8.01. The molecule has 0 fully saturated rings. The minimum atomic E-state index is -3.64. The van der Waals surface area contributed by atoms with Gasteiger partial charge in [0, 0.05) is 41.6 Å². The number of Topliss-reactive ketones (excluding diaryl/α,β-unsaturated/α-hetero) is 1. The van der Waals surface area contributed by atoms with Gasteiger partial charge in [0.05, 0.1) is 37.3 Å². The third-order valence-corrected chi connectivity index (χ3v) is 8.66. The summed E-state index contributed by atoms with van der Waals surface area (Å²) in [4.78, 5) is 80.0. The molecule has 3 aromatic rings. The number of carboxylic acid groups (broad SMARTS) is 2. The predicted octanol–water partition coefficient (Wildman–Crippen LogP) is 3.17. The van der Waals surface area contributed by atoms with Gasteiger partial charge in [0.15, 0.2) is 15.6 Å². The first-order valence-electron chi connectivity index (χ1n) is 16.2. The highest BCUT2D eigenvalue weighted by molar-refractivity contribution is 7.93. The molecule has 15 heteroatoms. The largest absolute Gasteiger partial charge is 0.481 e. The molecule has 0 spiro atoms. The number of para-hydroxylation sites is 1. The van der Waals surface area contributed by atoms with Gasteiger partial charge in [-0.2, -0.15) is 0 Å². The van der Waals surface area contributed by atoms with Crippen LogP contribution in [0.4, 0.5) is 0 Å². The number of carbonyl (C=O) groups is 6. The lowest BCUT2D eigenvalue weighted by molar-refractivity contribution is -0.150. The first kappa shape index (κ1) is 40.1. The second kappa shape index (κ2) is 18.6. The van der Waals surface area contributed by atoms with Gasteiger partial charge >= 0.3 is 17.9 Å². The van der Waals surface area contributed by atoms with E-state index in [4.69, 9.17) is 4.74 Å². The smallest absolute Gasteiger partial charge is 0.306 e. The quantitative estimate of drug-likeness (QED) is 0.106. The summed E-state index contributed by atoms with van der Waals surface area (Å²) in [6.45, 7) is 3.26. The number of esters is 1. The van der Waals surface area contributed by atoms with Crippen molar-refractivity contribution in [2.24, 2.45) is 17.8 Å². The van der Waals surface area contributed by atoms with Crippen LogP contribution >= 0.6 is 0 Å². The summed E-state index contributed by atoms with van der Waals surface area (Å²) in [6, 6.07) is 15.4. The second-order valence-corrected chi connectivity index (χ2v) is 14.6. The van der Waals surface area contributed by atoms with Gasteiger partial charge in [-0.1, -0.05) is 68.5 Å². The molecule has 1 aromatic heterocycles. The Hall–Kier alpha value is -5.31. The fourth-order valence-electron chi connectivity index (χ4n) is 5.34. The minimum Gasteiger partial charge on any atom is -0.481 e. The van der Waals surface area contributed by atoms with Crippen LogP contribution in [0.5, 0.6) is 0 Å². The van der Waals surface area contributed by atoms with Crippen LogP contribution in [0.25, 0.3) is 10.9 Å². The summed E-state index contributed by atoms with van der Waals surface area (Å²) in [5.74, 6) is -8.48. The molecule has 0 bridgehead atoms. The molecule has 0 aliphatic rings. The zero-order chi connectivity index (χ0) is 37.7. The molecule has 274 valence electrons. The SMILES string of the molecule is CC(C)[C@H](CC(=O)[C@H](Cc1cc2ccccc2[nH]1)NC(=O)[C@H](CC(=O)O)CC(=O)OCc1ccccc1)C(=O)N[C@H](/C=C/S(C)(=O)=O)CC(=O)O. The van der Waals surface area contributed by atoms with Gasteiger partial charge in [0.25, 0.3) is 0 Å². The van der Waals surface area contributed by atoms with E-state index in [9.17, 15) is 47.4 Å². The maximum Gasteiger partial charge on any atom is 0.306 e. The standard InChI is InChI=1S/C36H43N3O11S/c1-22(2)28(36(47)38-26(19-33(43)44)13-14-51(3,48)49)20-31(40)30(18-27-15-24-11-7-8-12-29(24)37-27)39-35(46)25(16-32(41)42)17-34(45)50-21-23-9-5-4-6-10-23/h4-15,22,25-26,28,30,37H,16-21H2,1-3H3,(H,38,47)(H,39,46)(H,41,42)(H,43,44)/b14-13+/t25-,26-,28+,30+/m1/s1. The summed E-state index contributed by atoms with van der Waals surface area (Å²) in [6.07, 6.45) is -0.421. The first-order valence-corrected chi connectivity index (χ1v) is 18.2. The Morgan fingerprint density at radius 3 is 2.10 bits per heavy atom. The number of ether oxygens (including phenoxy) is 1. The number of ketones is 1. The molecule has 1 heterocycles. The number of carbonyl (C=O) groups excluding carboxylic acids is 4. The van der Waals surface area contributed by atoms with Crippen molar-refractivity contribution in [3.63, 3.8) is 0 Å². The molecular weight excluding hydrogens is 682 g/mol. The van der Waals surface area contributed by atoms with Gasteiger partial charge in [-0.25, -0.2) is 8.42 Å². The van der Waals surface area contributed by atoms with Crippen LogP contribution in [-0.2, 0) is 56.4 Å². The number of aromatic nitrogens is 1. The predicted molar refractivity (Wildman–Crippen MR) is 187 cm³/mol. The van der Waals surface area contributed by atoms with Crippen LogP contribution in [-0.4, -0.2) is 77.5 Å². The fraction of sp³-hybridized carbons (Fsp3) is 0.389. The molecule has 0 unspecified atom stereocenters. The van der Waals surface area contributed by atoms with Gasteiger partial charge in [-0.3, -0.25) is 28.8 Å². The van der Waals surface area contributed by atoms with Gasteiger partial charge in [0.2, 0.25) is 11.8 Å². The minimum absolute atomic E-state index is 0.0668. The summed E-state index contributed by atoms with van der Waals surface area (Å²) in [5, 5.41) is 25.6. The summed E-state index contributed by atoms with van der Waals surface area (Å²) in [7, 11) is -3.64. The zero-order valence-corrected chi connectivity index (χ0v) is 29.4. The van der Waals surface area contributed by atoms with E-state index >= 15 is 0 Å². The van der Waals surface area contributed by atoms with E-state index in [0.29, 0.717) is 11.3 Å². The lowest BCUT2D eigenvalue weighted by atomic mass is 9.86. The topological polar surface area (TPSA) is 226 Å². The molecule has 5 N–H and O–H groups in total. The number of hydrogen-bond donors (Lipinski definition) is 5. The summed E-state index contributed by atoms with van der Waals surface area (Å²) < 4.78 is 28.5. The van der Waals surface area contributed by atoms with Crippen LogP contribution in [0.15, 0.2) is 72.1 Å². The van der Waals surface area contributed by atoms with Gasteiger partial charge in [-0.15, -0.1) is 0 Å². The molecule has 4 atom stereocenters. The third kappa shape index (κ3) is 13.8. The van der Waals surface area contributed by atoms with E-state index in [0.717, 1.165) is 28.6 Å². The number of H-pyrrole nitrogens is 1. The number of nitrogens with one attached hydrogen (secondary N) is 3. The monoisotopic (exact) mass is 725 g/mol. The second-order valence-electron chi connectivity index (χ2n) is 12.7. The Bertz CT molecular complexity index is 1820. The molecule has 14 nitrogen and oxygen atoms in total. The van der Waals surface area contributed by atoms with Crippen molar-refractivity contribution in [1.29, 1.82) is 0 Å². The number of sulfone groups is 1. The van der Waals surface area contributed by atoms with Crippen molar-refractivity contribution in [2.75, 3.05) is 6.26 Å². The number of benzene rings is 2. The molecule has 0 radical (unpaired) electrons. The van der Waals surface area contributed by atoms with E-state index in [1.54, 1.807) is 50.2 Å². The Morgan fingerprint density at radius 2 is 1.49 bits per heavy atom. The van der Waals surface area contributed by atoms with Crippen LogP contribution in [0.2, 0.25) is 0 Å². The number of aromatic amines is 1. The van der Waals surface area contributed by atoms with Crippen molar-refractivity contribution in [3.05, 3.63) is 83.4 Å². The average Bonchev–Trinajstić information content (AvgIpc) is 3.46. The number of hydrogen-bond acceptors (Lipinski definition) is 9. The highest BCUT2D eigenvalue weighted by Gasteiger charge is 2.33. The van der Waals surface area contributed by atoms with Crippen molar-refractivity contribution in [3.8, 4) is 0 Å². The highest BCUT2D eigenvalue weighted by Crippen LogP contribution is 2.22. The molecule has 0 aliphatic heterocycles. The van der Waals surface area contributed by atoms with Crippen LogP contribution in [0.1, 0.15) is 50.8 Å². The molecule has 51 heavy (non-hydrogen) atoms. The van der Waals surface area contributed by atoms with E-state index in [2.05, 4.69) is 15.6 Å². The maximum atomic E-state index is 14.0. The van der Waals surface area contributed by atoms with Crippen LogP contribution in [0, 0.1) is 17.8 Å². The van der Waals surface area contributed by atoms with Crippen molar-refractivity contribution >= 4 is 56.2 Å². The number of carboxylic acids is 2. The Balaban J connectivity index is 1.85. The zero-order valence-electron chi connectivity index (χ0n) is 28.5. The number of aliphatic carboxylic acids is 2. The molecule has 0 aliphatic carbocycles. The normalized spacial score (nSPS) is 14.0. The summed E-state index contributed by atoms with van der Waals surface area (Å²) in [5.41, 5.74) is 2.02. The van der Waals surface area contributed by atoms with E-state index in [1.807, 2.05) is 24.3 Å². The van der Waals surface area contributed by atoms with Crippen molar-refractivity contribution in [1.82, 2.24) is 15.6 Å². The van der Waals surface area contributed by atoms with Gasteiger partial charge < -0.3 is 30.6 Å². The Kier molecular flexibility index (Phi) is 14.6. The van der Waals surface area contributed by atoms with Crippen molar-refractivity contribution < 1.29 is 52.1 Å². The molecule has 2 amide bonds. The first-order chi connectivity index (χ1) is 24.0. The average molecular weight is 726 g/mol. The summed E-state index contributed by atoms with van der Waals surface area (Å²) >= 11 is 0. The number of amides is 2. The van der Waals surface area contributed by atoms with Crippen LogP contribution < -0.4 is 10.6 Å². The number of fused-ring (bicyclic) bond motifs is 1. The van der Waals surface area contributed by atoms with Gasteiger partial charge in [0.1, 0.15) is 6.61 Å². The Labute approximate surface area is 295 Å². The molecule has 0 saturated heterocycles. The lowest BCUT2D eigenvalue weighted by Crippen LogP contribution is -2.48. The van der Waals surface area contributed by atoms with Crippen molar-refractivity contribution in [2.45, 2.75) is 64.6 Å². The fourth-order valence-corrected chi connectivity index (χ4v) is 5.81. The van der Waals surface area contributed by atoms with E-state index < -0.39 is 101 Å². The molecule has 2 aromatic carbocycles. The molecule has 3 rings (SSSR count). The van der Waals surface area contributed by atoms with E-state index in [-0.39, 0.29) is 13.0 Å². The lowest BCUT2D eigenvalue weighted by Gasteiger charge is -2.25. The highest BCUT2D eigenvalue weighted by atomic mass is 32.2. The molecular formula is C36H43N3O11S. The number of rotatable bonds is 20. The molecule has 0 saturated carbocycles. The maximum absolute atomic E-state index is 14.0. The van der Waals surface area contributed by atoms with Gasteiger partial charge in [-0.05, 0) is 29.0 Å². The Morgan fingerprint density at radius 1 is 0.843 bits per heavy atom.